The zero-order valence-corrected chi connectivity index (χ0v) is 12.6. The molecule has 0 fully saturated rings. The Morgan fingerprint density at radius 3 is 2.25 bits per heavy atom. The molecule has 0 saturated heterocycles. The molecule has 0 radical (unpaired) electrons. The molecule has 1 atom stereocenters. The number of aliphatic carboxylic acids is 1. The van der Waals surface area contributed by atoms with Crippen LogP contribution >= 0.6 is 0 Å². The molecule has 0 saturated carbocycles. The van der Waals surface area contributed by atoms with E-state index in [2.05, 4.69) is 5.32 Å². The standard InChI is InChI=1S/C13H24N2O5/c1-5-14-11(16)6-7-13(19)20-10(8-12(17)18)9-15(2,3)4/h10H,5-9H2,1-4H3,(H-,14,16,17,18)/p+1. The molecule has 0 spiro atoms. The second kappa shape index (κ2) is 8.52. The molecule has 1 amide bonds. The van der Waals surface area contributed by atoms with Crippen LogP contribution in [-0.4, -0.2) is 67.8 Å². The maximum absolute atomic E-state index is 11.6. The number of carbonyl (C=O) groups excluding carboxylic acids is 2. The molecule has 2 N–H and O–H groups in total. The molecule has 7 heteroatoms. The zero-order valence-electron chi connectivity index (χ0n) is 12.6. The molecule has 0 rings (SSSR count). The van der Waals surface area contributed by atoms with E-state index in [-0.39, 0.29) is 25.2 Å². The highest BCUT2D eigenvalue weighted by Crippen LogP contribution is 2.07. The first kappa shape index (κ1) is 18.4. The smallest absolute Gasteiger partial charge is 0.307 e. The van der Waals surface area contributed by atoms with Crippen molar-refractivity contribution in [1.82, 2.24) is 5.32 Å². The average Bonchev–Trinajstić information content (AvgIpc) is 2.23. The summed E-state index contributed by atoms with van der Waals surface area (Å²) in [5.74, 6) is -1.78. The number of hydrogen-bond donors (Lipinski definition) is 2. The normalized spacial score (nSPS) is 12.6. The number of hydrogen-bond acceptors (Lipinski definition) is 4. The number of ether oxygens (including phenoxy) is 1. The van der Waals surface area contributed by atoms with Gasteiger partial charge in [0.2, 0.25) is 5.91 Å². The van der Waals surface area contributed by atoms with Crippen LogP contribution in [0.5, 0.6) is 0 Å². The molecule has 0 aliphatic carbocycles. The van der Waals surface area contributed by atoms with Gasteiger partial charge in [-0.05, 0) is 6.92 Å². The summed E-state index contributed by atoms with van der Waals surface area (Å²) in [5, 5.41) is 11.4. The van der Waals surface area contributed by atoms with Crippen molar-refractivity contribution in [3.8, 4) is 0 Å². The maximum atomic E-state index is 11.6. The van der Waals surface area contributed by atoms with Crippen LogP contribution in [0.15, 0.2) is 0 Å². The SMILES string of the molecule is CCNC(=O)CCC(=O)OC(CC(=O)O)C[N+](C)(C)C. The number of carboxylic acid groups (broad SMARTS) is 1. The minimum absolute atomic E-state index is 0.0426. The van der Waals surface area contributed by atoms with E-state index in [1.54, 1.807) is 6.92 Å². The minimum atomic E-state index is -1.01. The number of nitrogens with zero attached hydrogens (tertiary/aromatic N) is 1. The fourth-order valence-corrected chi connectivity index (χ4v) is 1.70. The van der Waals surface area contributed by atoms with Crippen molar-refractivity contribution in [2.24, 2.45) is 0 Å². The maximum Gasteiger partial charge on any atom is 0.307 e. The lowest BCUT2D eigenvalue weighted by Gasteiger charge is -2.28. The third-order valence-electron chi connectivity index (χ3n) is 2.38. The lowest BCUT2D eigenvalue weighted by molar-refractivity contribution is -0.873. The Morgan fingerprint density at radius 1 is 1.20 bits per heavy atom. The molecule has 20 heavy (non-hydrogen) atoms. The summed E-state index contributed by atoms with van der Waals surface area (Å²) in [7, 11) is 5.66. The van der Waals surface area contributed by atoms with E-state index in [0.29, 0.717) is 17.6 Å². The van der Waals surface area contributed by atoms with Crippen molar-refractivity contribution >= 4 is 17.8 Å². The molecule has 0 bridgehead atoms. The summed E-state index contributed by atoms with van der Waals surface area (Å²) >= 11 is 0. The first-order chi connectivity index (χ1) is 9.14. The van der Waals surface area contributed by atoms with E-state index < -0.39 is 18.0 Å². The number of quaternary nitrogens is 1. The average molecular weight is 289 g/mol. The summed E-state index contributed by atoms with van der Waals surface area (Å²) in [6, 6.07) is 0. The van der Waals surface area contributed by atoms with Crippen molar-refractivity contribution in [1.29, 1.82) is 0 Å². The van der Waals surface area contributed by atoms with Crippen molar-refractivity contribution in [2.45, 2.75) is 32.3 Å². The van der Waals surface area contributed by atoms with Gasteiger partial charge in [-0.15, -0.1) is 0 Å². The van der Waals surface area contributed by atoms with Gasteiger partial charge in [0.15, 0.2) is 6.10 Å². The van der Waals surface area contributed by atoms with E-state index in [9.17, 15) is 14.4 Å². The van der Waals surface area contributed by atoms with Gasteiger partial charge >= 0.3 is 11.9 Å². The number of nitrogens with one attached hydrogen (secondary N) is 1. The molecule has 0 aliphatic rings. The second-order valence-electron chi connectivity index (χ2n) is 5.64. The Balaban J connectivity index is 4.31. The van der Waals surface area contributed by atoms with Crippen molar-refractivity contribution in [3.05, 3.63) is 0 Å². The fourth-order valence-electron chi connectivity index (χ4n) is 1.70. The third-order valence-corrected chi connectivity index (χ3v) is 2.38. The highest BCUT2D eigenvalue weighted by atomic mass is 16.5. The van der Waals surface area contributed by atoms with Crippen LogP contribution in [0.25, 0.3) is 0 Å². The molecule has 0 aromatic heterocycles. The molecular formula is C13H25N2O5+. The summed E-state index contributed by atoms with van der Waals surface area (Å²) < 4.78 is 5.64. The summed E-state index contributed by atoms with van der Waals surface area (Å²) in [4.78, 5) is 33.6. The first-order valence-electron chi connectivity index (χ1n) is 6.62. The summed E-state index contributed by atoms with van der Waals surface area (Å²) in [5.41, 5.74) is 0. The van der Waals surface area contributed by atoms with Crippen molar-refractivity contribution in [2.75, 3.05) is 34.2 Å². The van der Waals surface area contributed by atoms with Crippen LogP contribution in [0.2, 0.25) is 0 Å². The van der Waals surface area contributed by atoms with Crippen LogP contribution in [0.1, 0.15) is 26.2 Å². The molecular weight excluding hydrogens is 264 g/mol. The van der Waals surface area contributed by atoms with Gasteiger partial charge in [0.25, 0.3) is 0 Å². The van der Waals surface area contributed by atoms with Crippen LogP contribution in [-0.2, 0) is 19.1 Å². The lowest BCUT2D eigenvalue weighted by atomic mass is 10.2. The number of carboxylic acids is 1. The molecule has 0 aromatic carbocycles. The number of esters is 1. The topological polar surface area (TPSA) is 92.7 Å². The lowest BCUT2D eigenvalue weighted by Crippen LogP contribution is -2.43. The van der Waals surface area contributed by atoms with Gasteiger partial charge in [0.1, 0.15) is 6.54 Å². The van der Waals surface area contributed by atoms with Crippen molar-refractivity contribution in [3.63, 3.8) is 0 Å². The number of carbonyl (C=O) groups is 3. The zero-order chi connectivity index (χ0) is 15.8. The van der Waals surface area contributed by atoms with Gasteiger partial charge in [0, 0.05) is 13.0 Å². The highest BCUT2D eigenvalue weighted by Gasteiger charge is 2.24. The Hall–Kier alpha value is -1.63. The third kappa shape index (κ3) is 10.3. The predicted octanol–water partition coefficient (Wildman–Crippen LogP) is -0.00460. The number of amides is 1. The molecule has 1 unspecified atom stereocenters. The Bertz CT molecular complexity index is 349. The number of likely N-dealkylation sites (N-methyl/N-ethyl adjacent to an activating group) is 1. The van der Waals surface area contributed by atoms with E-state index in [1.165, 1.54) is 0 Å². The fraction of sp³-hybridized carbons (Fsp3) is 0.769. The number of rotatable bonds is 9. The van der Waals surface area contributed by atoms with Gasteiger partial charge in [-0.25, -0.2) is 0 Å². The highest BCUT2D eigenvalue weighted by molar-refractivity contribution is 5.81. The Morgan fingerprint density at radius 2 is 1.80 bits per heavy atom. The van der Waals surface area contributed by atoms with Crippen molar-refractivity contribution < 1.29 is 28.7 Å². The van der Waals surface area contributed by atoms with Crippen LogP contribution in [0, 0.1) is 0 Å². The summed E-state index contributed by atoms with van der Waals surface area (Å²) in [6.45, 7) is 2.70. The molecule has 0 aromatic rings. The van der Waals surface area contributed by atoms with Crippen LogP contribution < -0.4 is 5.32 Å². The van der Waals surface area contributed by atoms with Gasteiger partial charge in [-0.2, -0.15) is 0 Å². The first-order valence-corrected chi connectivity index (χ1v) is 6.62. The molecule has 116 valence electrons. The largest absolute Gasteiger partial charge is 0.481 e. The van der Waals surface area contributed by atoms with E-state index >= 15 is 0 Å². The Kier molecular flexibility index (Phi) is 7.83. The molecule has 0 heterocycles. The predicted molar refractivity (Wildman–Crippen MR) is 72.9 cm³/mol. The van der Waals surface area contributed by atoms with Gasteiger partial charge in [-0.3, -0.25) is 14.4 Å². The van der Waals surface area contributed by atoms with Crippen LogP contribution in [0.4, 0.5) is 0 Å². The summed E-state index contributed by atoms with van der Waals surface area (Å²) in [6.07, 6.45) is -0.910. The quantitative estimate of drug-likeness (QED) is 0.460. The van der Waals surface area contributed by atoms with Gasteiger partial charge in [-0.1, -0.05) is 0 Å². The van der Waals surface area contributed by atoms with Gasteiger partial charge < -0.3 is 19.6 Å². The van der Waals surface area contributed by atoms with Crippen LogP contribution in [0.3, 0.4) is 0 Å². The van der Waals surface area contributed by atoms with Gasteiger partial charge in [0.05, 0.1) is 34.0 Å². The monoisotopic (exact) mass is 289 g/mol. The van der Waals surface area contributed by atoms with E-state index in [0.717, 1.165) is 0 Å². The van der Waals surface area contributed by atoms with E-state index in [1.807, 2.05) is 21.1 Å². The Labute approximate surface area is 119 Å². The second-order valence-corrected chi connectivity index (χ2v) is 5.64. The minimum Gasteiger partial charge on any atom is -0.481 e. The van der Waals surface area contributed by atoms with E-state index in [4.69, 9.17) is 9.84 Å². The molecule has 7 nitrogen and oxygen atoms in total. The molecule has 0 aliphatic heterocycles.